The Labute approximate surface area is 465 Å². The van der Waals surface area contributed by atoms with Gasteiger partial charge in [-0.15, -0.1) is 0 Å². The SMILES string of the molecule is CC1(C)c2ccccc2-c2ccc(-c3cc(-c4ccc5c(c4)C(C)(C)c4ccccc4-5)c4nc(-c5ccc(-c6cc7ccccc7c7ccccc67)cc5)nc(-c5ccc(-c6nc7ccccc7c7ccccc67)cc5)c4c3)cc21. The van der Waals surface area contributed by atoms with Crippen molar-refractivity contribution in [2.75, 3.05) is 0 Å². The molecule has 80 heavy (non-hydrogen) atoms. The smallest absolute Gasteiger partial charge is 0.160 e. The summed E-state index contributed by atoms with van der Waals surface area (Å²) in [6.07, 6.45) is 0. The molecule has 0 fully saturated rings. The van der Waals surface area contributed by atoms with Crippen molar-refractivity contribution in [2.24, 2.45) is 0 Å². The van der Waals surface area contributed by atoms with Crippen molar-refractivity contribution in [3.63, 3.8) is 0 Å². The van der Waals surface area contributed by atoms with E-state index in [0.717, 1.165) is 83.1 Å². The lowest BCUT2D eigenvalue weighted by atomic mass is 9.81. The summed E-state index contributed by atoms with van der Waals surface area (Å²) in [7, 11) is 0. The zero-order valence-electron chi connectivity index (χ0n) is 45.0. The maximum absolute atomic E-state index is 5.72. The Morgan fingerprint density at radius 3 is 1.40 bits per heavy atom. The van der Waals surface area contributed by atoms with Gasteiger partial charge in [0, 0.05) is 49.2 Å². The van der Waals surface area contributed by atoms with Crippen molar-refractivity contribution in [1.29, 1.82) is 0 Å². The second-order valence-corrected chi connectivity index (χ2v) is 23.0. The summed E-state index contributed by atoms with van der Waals surface area (Å²) in [6.45, 7) is 9.45. The van der Waals surface area contributed by atoms with Crippen LogP contribution in [0.4, 0.5) is 0 Å². The number of rotatable bonds is 6. The van der Waals surface area contributed by atoms with E-state index in [2.05, 4.69) is 276 Å². The van der Waals surface area contributed by atoms with E-state index in [9.17, 15) is 0 Å². The third kappa shape index (κ3) is 6.96. The topological polar surface area (TPSA) is 38.7 Å². The molecule has 0 radical (unpaired) electrons. The van der Waals surface area contributed by atoms with Gasteiger partial charge in [-0.2, -0.15) is 0 Å². The van der Waals surface area contributed by atoms with Crippen LogP contribution in [-0.2, 0) is 10.8 Å². The van der Waals surface area contributed by atoms with E-state index in [0.29, 0.717) is 5.82 Å². The molecule has 2 aliphatic carbocycles. The van der Waals surface area contributed by atoms with E-state index in [-0.39, 0.29) is 10.8 Å². The number of pyridine rings is 1. The Morgan fingerprint density at radius 1 is 0.250 bits per heavy atom. The Kier molecular flexibility index (Phi) is 10.0. The van der Waals surface area contributed by atoms with Crippen LogP contribution in [0.15, 0.2) is 249 Å². The van der Waals surface area contributed by atoms with Crippen molar-refractivity contribution in [3.8, 4) is 89.5 Å². The van der Waals surface area contributed by atoms with E-state index < -0.39 is 0 Å². The highest BCUT2D eigenvalue weighted by molar-refractivity contribution is 6.14. The minimum absolute atomic E-state index is 0.157. The highest BCUT2D eigenvalue weighted by Crippen LogP contribution is 2.52. The predicted octanol–water partition coefficient (Wildman–Crippen LogP) is 20.3. The molecule has 14 aromatic rings. The van der Waals surface area contributed by atoms with Crippen LogP contribution in [0.5, 0.6) is 0 Å². The number of nitrogens with zero attached hydrogens (tertiary/aromatic N) is 3. The van der Waals surface area contributed by atoms with E-state index in [4.69, 9.17) is 15.0 Å². The number of para-hydroxylation sites is 1. The van der Waals surface area contributed by atoms with Crippen LogP contribution in [0.2, 0.25) is 0 Å². The first-order valence-corrected chi connectivity index (χ1v) is 27.9. The fraction of sp³-hybridized carbons (Fsp3) is 0.0779. The molecule has 2 aromatic heterocycles. The predicted molar refractivity (Wildman–Crippen MR) is 335 cm³/mol. The quantitative estimate of drug-likeness (QED) is 0.156. The van der Waals surface area contributed by atoms with Crippen LogP contribution >= 0.6 is 0 Å². The Balaban J connectivity index is 0.927. The Bertz CT molecular complexity index is 4930. The molecule has 0 spiro atoms. The van der Waals surface area contributed by atoms with Gasteiger partial charge in [-0.05, 0) is 136 Å². The van der Waals surface area contributed by atoms with Gasteiger partial charge < -0.3 is 0 Å². The summed E-state index contributed by atoms with van der Waals surface area (Å²) >= 11 is 0. The molecule has 0 saturated carbocycles. The molecule has 0 saturated heterocycles. The molecule has 3 heteroatoms. The van der Waals surface area contributed by atoms with Gasteiger partial charge in [0.1, 0.15) is 0 Å². The third-order valence-electron chi connectivity index (χ3n) is 17.9. The van der Waals surface area contributed by atoms with Crippen molar-refractivity contribution >= 4 is 54.1 Å². The van der Waals surface area contributed by atoms with Crippen LogP contribution in [0.1, 0.15) is 49.9 Å². The Morgan fingerprint density at radius 2 is 0.725 bits per heavy atom. The van der Waals surface area contributed by atoms with Crippen LogP contribution in [0, 0.1) is 0 Å². The van der Waals surface area contributed by atoms with Gasteiger partial charge in [-0.1, -0.05) is 240 Å². The molecule has 0 atom stereocenters. The van der Waals surface area contributed by atoms with Crippen molar-refractivity contribution in [2.45, 2.75) is 38.5 Å². The second kappa shape index (κ2) is 17.3. The highest BCUT2D eigenvalue weighted by atomic mass is 14.9. The second-order valence-electron chi connectivity index (χ2n) is 23.0. The molecule has 0 amide bonds. The third-order valence-corrected chi connectivity index (χ3v) is 17.9. The zero-order valence-corrected chi connectivity index (χ0v) is 45.0. The molecule has 16 rings (SSSR count). The summed E-state index contributed by atoms with van der Waals surface area (Å²) in [6, 6.07) is 91.4. The fourth-order valence-corrected chi connectivity index (χ4v) is 13.7. The van der Waals surface area contributed by atoms with Gasteiger partial charge in [0.25, 0.3) is 0 Å². The zero-order chi connectivity index (χ0) is 53.4. The van der Waals surface area contributed by atoms with Crippen LogP contribution < -0.4 is 0 Å². The molecule has 376 valence electrons. The number of fused-ring (bicyclic) bond motifs is 13. The summed E-state index contributed by atoms with van der Waals surface area (Å²) in [5.74, 6) is 0.675. The molecule has 0 bridgehead atoms. The van der Waals surface area contributed by atoms with Crippen LogP contribution in [0.25, 0.3) is 144 Å². The fourth-order valence-electron chi connectivity index (χ4n) is 13.7. The number of benzene rings is 12. The van der Waals surface area contributed by atoms with E-state index in [1.807, 2.05) is 0 Å². The summed E-state index contributed by atoms with van der Waals surface area (Å²) in [4.78, 5) is 16.7. The molecular weight excluding hydrogens is 967 g/mol. The minimum Gasteiger partial charge on any atom is -0.247 e. The summed E-state index contributed by atoms with van der Waals surface area (Å²) < 4.78 is 0. The molecule has 2 aliphatic rings. The van der Waals surface area contributed by atoms with E-state index >= 15 is 0 Å². The van der Waals surface area contributed by atoms with Gasteiger partial charge >= 0.3 is 0 Å². The lowest BCUT2D eigenvalue weighted by Gasteiger charge is -2.23. The van der Waals surface area contributed by atoms with Crippen LogP contribution in [0.3, 0.4) is 0 Å². The molecule has 2 heterocycles. The molecule has 0 unspecified atom stereocenters. The lowest BCUT2D eigenvalue weighted by Crippen LogP contribution is -2.15. The normalized spacial score (nSPS) is 13.7. The molecular formula is C77H53N3. The molecule has 12 aromatic carbocycles. The maximum atomic E-state index is 5.72. The van der Waals surface area contributed by atoms with Gasteiger partial charge in [0.15, 0.2) is 5.82 Å². The van der Waals surface area contributed by atoms with E-state index in [1.165, 1.54) is 77.0 Å². The number of hydrogen-bond donors (Lipinski definition) is 0. The number of aromatic nitrogens is 3. The maximum Gasteiger partial charge on any atom is 0.160 e. The first-order valence-electron chi connectivity index (χ1n) is 27.9. The van der Waals surface area contributed by atoms with Gasteiger partial charge in [0.2, 0.25) is 0 Å². The summed E-state index contributed by atoms with van der Waals surface area (Å²) in [5, 5.41) is 9.44. The van der Waals surface area contributed by atoms with Crippen molar-refractivity contribution in [1.82, 2.24) is 15.0 Å². The van der Waals surface area contributed by atoms with Crippen molar-refractivity contribution in [3.05, 3.63) is 271 Å². The number of hydrogen-bond acceptors (Lipinski definition) is 3. The van der Waals surface area contributed by atoms with E-state index in [1.54, 1.807) is 0 Å². The van der Waals surface area contributed by atoms with Gasteiger partial charge in [-0.3, -0.25) is 0 Å². The average Bonchev–Trinajstić information content (AvgIpc) is 3.92. The van der Waals surface area contributed by atoms with Gasteiger partial charge in [0.05, 0.1) is 22.4 Å². The standard InChI is InChI=1S/C77H53N3/c1-76(2)67-26-14-11-22-58(67)60-39-37-50(44-69(60)76)53-42-65(52-38-40-61-59-23-12-15-27-68(59)77(3,4)70(61)45-52)74-66(43-53)73(48-33-31-47(32-34-48)72-63-25-10-9-21-57(63)62-24-13-16-28-71(62)78-72)79-75(80-74)49-35-29-46(30-36-49)64-41-51-17-5-6-18-54(51)55-19-7-8-20-56(55)64/h5-45H,1-4H3. The lowest BCUT2D eigenvalue weighted by molar-refractivity contribution is 0.660. The minimum atomic E-state index is -0.188. The monoisotopic (exact) mass is 1020 g/mol. The first kappa shape index (κ1) is 46.3. The molecule has 0 aliphatic heterocycles. The van der Waals surface area contributed by atoms with Crippen molar-refractivity contribution < 1.29 is 0 Å². The molecule has 3 nitrogen and oxygen atoms in total. The highest BCUT2D eigenvalue weighted by Gasteiger charge is 2.37. The Hall–Kier alpha value is -9.83. The summed E-state index contributed by atoms with van der Waals surface area (Å²) in [5.41, 5.74) is 23.8. The molecule has 0 N–H and O–H groups in total. The van der Waals surface area contributed by atoms with Crippen LogP contribution in [-0.4, -0.2) is 15.0 Å². The van der Waals surface area contributed by atoms with Gasteiger partial charge in [-0.25, -0.2) is 15.0 Å². The first-order chi connectivity index (χ1) is 39.2. The largest absolute Gasteiger partial charge is 0.247 e. The average molecular weight is 1020 g/mol.